The van der Waals surface area contributed by atoms with Gasteiger partial charge in [-0.15, -0.1) is 4.85 Å². The van der Waals surface area contributed by atoms with Crippen LogP contribution in [0.3, 0.4) is 0 Å². The SMILES string of the molecule is O=C(O)c1cccc(OC(F)F)c1COc1ccn(O)n1. The number of aromatic nitrogens is 2. The van der Waals surface area contributed by atoms with Gasteiger partial charge in [0.25, 0.3) is 0 Å². The highest BCUT2D eigenvalue weighted by Crippen LogP contribution is 2.25. The minimum atomic E-state index is -3.09. The number of ether oxygens (including phenoxy) is 2. The van der Waals surface area contributed by atoms with E-state index < -0.39 is 12.6 Å². The van der Waals surface area contributed by atoms with Gasteiger partial charge in [-0.2, -0.15) is 8.78 Å². The third kappa shape index (κ3) is 3.59. The minimum Gasteiger partial charge on any atom is -0.478 e. The topological polar surface area (TPSA) is 93.8 Å². The highest BCUT2D eigenvalue weighted by Gasteiger charge is 2.18. The van der Waals surface area contributed by atoms with Crippen LogP contribution in [-0.4, -0.2) is 32.8 Å². The Bertz CT molecular complexity index is 644. The molecule has 9 heteroatoms. The number of hydrogen-bond donors (Lipinski definition) is 2. The second-order valence-electron chi connectivity index (χ2n) is 3.83. The number of aromatic carboxylic acids is 1. The zero-order chi connectivity index (χ0) is 15.4. The maximum Gasteiger partial charge on any atom is 0.387 e. The van der Waals surface area contributed by atoms with Gasteiger partial charge in [0.1, 0.15) is 12.4 Å². The molecule has 0 saturated carbocycles. The van der Waals surface area contributed by atoms with Crippen molar-refractivity contribution in [1.29, 1.82) is 0 Å². The first-order chi connectivity index (χ1) is 9.97. The van der Waals surface area contributed by atoms with Gasteiger partial charge in [0.05, 0.1) is 11.8 Å². The fourth-order valence-corrected chi connectivity index (χ4v) is 1.64. The molecule has 0 aliphatic heterocycles. The highest BCUT2D eigenvalue weighted by atomic mass is 19.3. The summed E-state index contributed by atoms with van der Waals surface area (Å²) >= 11 is 0. The van der Waals surface area contributed by atoms with Crippen molar-refractivity contribution in [2.75, 3.05) is 0 Å². The molecule has 112 valence electrons. The van der Waals surface area contributed by atoms with Crippen molar-refractivity contribution in [1.82, 2.24) is 9.94 Å². The molecule has 7 nitrogen and oxygen atoms in total. The monoisotopic (exact) mass is 300 g/mol. The number of carbonyl (C=O) groups is 1. The second kappa shape index (κ2) is 6.07. The third-order valence-corrected chi connectivity index (χ3v) is 2.50. The second-order valence-corrected chi connectivity index (χ2v) is 3.83. The molecule has 2 aromatic rings. The van der Waals surface area contributed by atoms with Gasteiger partial charge in [-0.05, 0) is 12.1 Å². The Balaban J connectivity index is 2.27. The van der Waals surface area contributed by atoms with Gasteiger partial charge in [-0.3, -0.25) is 0 Å². The van der Waals surface area contributed by atoms with Crippen LogP contribution in [0.2, 0.25) is 0 Å². The number of halogens is 2. The molecule has 1 aromatic heterocycles. The van der Waals surface area contributed by atoms with Crippen molar-refractivity contribution in [3.05, 3.63) is 41.6 Å². The van der Waals surface area contributed by atoms with Gasteiger partial charge >= 0.3 is 12.6 Å². The predicted octanol–water partition coefficient (Wildman–Crippen LogP) is 2.00. The summed E-state index contributed by atoms with van der Waals surface area (Å²) in [5.74, 6) is -1.60. The lowest BCUT2D eigenvalue weighted by Gasteiger charge is -2.13. The molecule has 0 radical (unpaired) electrons. The van der Waals surface area contributed by atoms with E-state index in [9.17, 15) is 13.6 Å². The first kappa shape index (κ1) is 14.6. The fraction of sp³-hybridized carbons (Fsp3) is 0.167. The van der Waals surface area contributed by atoms with Crippen LogP contribution < -0.4 is 9.47 Å². The molecule has 0 bridgehead atoms. The first-order valence-electron chi connectivity index (χ1n) is 5.65. The Morgan fingerprint density at radius 1 is 1.38 bits per heavy atom. The summed E-state index contributed by atoms with van der Waals surface area (Å²) in [6, 6.07) is 5.05. The van der Waals surface area contributed by atoms with Crippen LogP contribution in [0.1, 0.15) is 15.9 Å². The molecule has 2 N–H and O–H groups in total. The average molecular weight is 300 g/mol. The lowest BCUT2D eigenvalue weighted by molar-refractivity contribution is -0.0509. The number of alkyl halides is 2. The van der Waals surface area contributed by atoms with Crippen LogP contribution in [-0.2, 0) is 6.61 Å². The lowest BCUT2D eigenvalue weighted by Crippen LogP contribution is -2.11. The van der Waals surface area contributed by atoms with E-state index in [1.807, 2.05) is 0 Å². The Morgan fingerprint density at radius 2 is 2.14 bits per heavy atom. The summed E-state index contributed by atoms with van der Waals surface area (Å²) in [5, 5.41) is 21.5. The molecule has 1 heterocycles. The Hall–Kier alpha value is -2.84. The van der Waals surface area contributed by atoms with E-state index in [-0.39, 0.29) is 29.4 Å². The number of benzene rings is 1. The predicted molar refractivity (Wildman–Crippen MR) is 63.8 cm³/mol. The van der Waals surface area contributed by atoms with E-state index in [1.165, 1.54) is 30.5 Å². The van der Waals surface area contributed by atoms with Gasteiger partial charge in [-0.25, -0.2) is 4.79 Å². The smallest absolute Gasteiger partial charge is 0.387 e. The molecule has 0 amide bonds. The average Bonchev–Trinajstić information content (AvgIpc) is 2.82. The third-order valence-electron chi connectivity index (χ3n) is 2.50. The van der Waals surface area contributed by atoms with E-state index in [1.54, 1.807) is 0 Å². The highest BCUT2D eigenvalue weighted by molar-refractivity contribution is 5.90. The molecule has 0 spiro atoms. The van der Waals surface area contributed by atoms with Gasteiger partial charge in [0.15, 0.2) is 0 Å². The molecule has 0 fully saturated rings. The summed E-state index contributed by atoms with van der Waals surface area (Å²) in [5.41, 5.74) is -0.283. The molecule has 1 aromatic carbocycles. The summed E-state index contributed by atoms with van der Waals surface area (Å²) in [7, 11) is 0. The Kier molecular flexibility index (Phi) is 4.21. The summed E-state index contributed by atoms with van der Waals surface area (Å²) < 4.78 is 34.1. The molecule has 0 atom stereocenters. The van der Waals surface area contributed by atoms with Crippen molar-refractivity contribution >= 4 is 5.97 Å². The molecule has 2 rings (SSSR count). The number of hydrogen-bond acceptors (Lipinski definition) is 5. The molecule has 21 heavy (non-hydrogen) atoms. The van der Waals surface area contributed by atoms with E-state index in [2.05, 4.69) is 9.84 Å². The van der Waals surface area contributed by atoms with Gasteiger partial charge in [0, 0.05) is 11.6 Å². The van der Waals surface area contributed by atoms with Crippen molar-refractivity contribution in [3.8, 4) is 11.6 Å². The quantitative estimate of drug-likeness (QED) is 0.792. The zero-order valence-electron chi connectivity index (χ0n) is 10.4. The summed E-state index contributed by atoms with van der Waals surface area (Å²) in [6.45, 7) is -3.45. The first-order valence-corrected chi connectivity index (χ1v) is 5.65. The molecule has 0 aliphatic carbocycles. The number of rotatable bonds is 6. The van der Waals surface area contributed by atoms with Crippen molar-refractivity contribution < 1.29 is 33.4 Å². The molecule has 0 aliphatic rings. The van der Waals surface area contributed by atoms with E-state index in [0.717, 1.165) is 0 Å². The Labute approximate surface area is 116 Å². The van der Waals surface area contributed by atoms with E-state index >= 15 is 0 Å². The summed E-state index contributed by atoms with van der Waals surface area (Å²) in [4.78, 5) is 11.6. The zero-order valence-corrected chi connectivity index (χ0v) is 10.4. The van der Waals surface area contributed by atoms with Crippen LogP contribution >= 0.6 is 0 Å². The molecular formula is C12H10F2N2O5. The van der Waals surface area contributed by atoms with Gasteiger partial charge in [-0.1, -0.05) is 11.2 Å². The van der Waals surface area contributed by atoms with Crippen LogP contribution in [0.15, 0.2) is 30.5 Å². The van der Waals surface area contributed by atoms with E-state index in [4.69, 9.17) is 15.1 Å². The number of nitrogens with zero attached hydrogens (tertiary/aromatic N) is 2. The van der Waals surface area contributed by atoms with Crippen molar-refractivity contribution in [3.63, 3.8) is 0 Å². The summed E-state index contributed by atoms with van der Waals surface area (Å²) in [6.07, 6.45) is 1.19. The number of carboxylic acid groups (broad SMARTS) is 1. The van der Waals surface area contributed by atoms with E-state index in [0.29, 0.717) is 4.85 Å². The van der Waals surface area contributed by atoms with Crippen molar-refractivity contribution in [2.24, 2.45) is 0 Å². The van der Waals surface area contributed by atoms with Crippen LogP contribution in [0.4, 0.5) is 8.78 Å². The van der Waals surface area contributed by atoms with Crippen LogP contribution in [0, 0.1) is 0 Å². The van der Waals surface area contributed by atoms with Crippen LogP contribution in [0.25, 0.3) is 0 Å². The normalized spacial score (nSPS) is 10.6. The molecule has 0 unspecified atom stereocenters. The maximum atomic E-state index is 12.3. The van der Waals surface area contributed by atoms with Gasteiger partial charge in [0.2, 0.25) is 5.88 Å². The fourth-order valence-electron chi connectivity index (χ4n) is 1.64. The van der Waals surface area contributed by atoms with Crippen molar-refractivity contribution in [2.45, 2.75) is 13.2 Å². The minimum absolute atomic E-state index is 0.000638. The number of carboxylic acids is 1. The lowest BCUT2D eigenvalue weighted by atomic mass is 10.1. The molecule has 0 saturated heterocycles. The largest absolute Gasteiger partial charge is 0.478 e. The maximum absolute atomic E-state index is 12.3. The van der Waals surface area contributed by atoms with Crippen LogP contribution in [0.5, 0.6) is 11.6 Å². The molecular weight excluding hydrogens is 290 g/mol. The Morgan fingerprint density at radius 3 is 2.71 bits per heavy atom. The van der Waals surface area contributed by atoms with Gasteiger partial charge < -0.3 is 19.8 Å². The standard InChI is InChI=1S/C12H10F2N2O5/c13-12(14)21-9-3-1-2-7(11(17)18)8(9)6-20-10-4-5-16(19)15-10/h1-5,12,19H,6H2,(H,17,18).